The van der Waals surface area contributed by atoms with Gasteiger partial charge in [0.2, 0.25) is 0 Å². The molecular weight excluding hydrogens is 242 g/mol. The molecule has 0 saturated carbocycles. The highest BCUT2D eigenvalue weighted by Crippen LogP contribution is 2.31. The van der Waals surface area contributed by atoms with Crippen molar-refractivity contribution in [1.29, 1.82) is 0 Å². The zero-order chi connectivity index (χ0) is 13.4. The van der Waals surface area contributed by atoms with Gasteiger partial charge in [0.25, 0.3) is 0 Å². The summed E-state index contributed by atoms with van der Waals surface area (Å²) in [4.78, 5) is 0. The molecule has 0 aliphatic rings. The summed E-state index contributed by atoms with van der Waals surface area (Å²) in [5.74, 6) is 0. The van der Waals surface area contributed by atoms with Crippen molar-refractivity contribution < 1.29 is 14.6 Å². The molecule has 0 saturated heterocycles. The molecular formula is C15H15NO3. The third-order valence-corrected chi connectivity index (χ3v) is 3.35. The standard InChI is InChI=1S/C15H15NO3/c16-8-12(17)15(18)9-5-6-14-11(7-9)10-3-1-2-4-13(10)19-14/h1-7,12,15,17-18H,8,16H2. The molecule has 4 heteroatoms. The summed E-state index contributed by atoms with van der Waals surface area (Å²) in [6.45, 7) is 0.0192. The number of aliphatic hydroxyl groups excluding tert-OH is 2. The van der Waals surface area contributed by atoms with E-state index < -0.39 is 12.2 Å². The van der Waals surface area contributed by atoms with Crippen LogP contribution in [-0.4, -0.2) is 22.9 Å². The molecule has 3 rings (SSSR count). The van der Waals surface area contributed by atoms with E-state index in [-0.39, 0.29) is 6.54 Å². The van der Waals surface area contributed by atoms with Crippen molar-refractivity contribution in [3.63, 3.8) is 0 Å². The van der Waals surface area contributed by atoms with Gasteiger partial charge in [-0.05, 0) is 23.8 Å². The molecule has 2 atom stereocenters. The number of benzene rings is 2. The van der Waals surface area contributed by atoms with Crippen molar-refractivity contribution in [2.24, 2.45) is 5.73 Å². The number of aliphatic hydroxyl groups is 2. The molecule has 0 amide bonds. The molecule has 4 N–H and O–H groups in total. The Bertz CT molecular complexity index is 720. The van der Waals surface area contributed by atoms with Gasteiger partial charge in [-0.15, -0.1) is 0 Å². The minimum Gasteiger partial charge on any atom is -0.456 e. The maximum atomic E-state index is 10.00. The van der Waals surface area contributed by atoms with Gasteiger partial charge in [-0.1, -0.05) is 24.3 Å². The van der Waals surface area contributed by atoms with Crippen molar-refractivity contribution in [2.45, 2.75) is 12.2 Å². The van der Waals surface area contributed by atoms with E-state index in [0.717, 1.165) is 21.9 Å². The predicted molar refractivity (Wildman–Crippen MR) is 73.7 cm³/mol. The Morgan fingerprint density at radius 1 is 1.00 bits per heavy atom. The largest absolute Gasteiger partial charge is 0.456 e. The van der Waals surface area contributed by atoms with Crippen molar-refractivity contribution in [3.8, 4) is 0 Å². The highest BCUT2D eigenvalue weighted by atomic mass is 16.3. The molecule has 0 bridgehead atoms. The van der Waals surface area contributed by atoms with Gasteiger partial charge in [-0.2, -0.15) is 0 Å². The Kier molecular flexibility index (Phi) is 2.98. The molecule has 0 radical (unpaired) electrons. The lowest BCUT2D eigenvalue weighted by molar-refractivity contribution is 0.0244. The van der Waals surface area contributed by atoms with Crippen LogP contribution in [0.15, 0.2) is 46.9 Å². The number of nitrogens with two attached hydrogens (primary N) is 1. The summed E-state index contributed by atoms with van der Waals surface area (Å²) in [5.41, 5.74) is 7.57. The number of para-hydroxylation sites is 1. The van der Waals surface area contributed by atoms with E-state index in [1.807, 2.05) is 30.3 Å². The summed E-state index contributed by atoms with van der Waals surface area (Å²) in [6, 6.07) is 13.1. The zero-order valence-electron chi connectivity index (χ0n) is 10.3. The van der Waals surface area contributed by atoms with E-state index in [1.54, 1.807) is 12.1 Å². The third-order valence-electron chi connectivity index (χ3n) is 3.35. The monoisotopic (exact) mass is 257 g/mol. The van der Waals surface area contributed by atoms with Crippen LogP contribution in [0.25, 0.3) is 21.9 Å². The highest BCUT2D eigenvalue weighted by molar-refractivity contribution is 6.04. The maximum absolute atomic E-state index is 10.00. The molecule has 0 aliphatic carbocycles. The van der Waals surface area contributed by atoms with E-state index >= 15 is 0 Å². The lowest BCUT2D eigenvalue weighted by Gasteiger charge is -2.16. The summed E-state index contributed by atoms with van der Waals surface area (Å²) in [6.07, 6.45) is -1.95. The van der Waals surface area contributed by atoms with E-state index in [4.69, 9.17) is 10.2 Å². The Labute approximate surface area is 110 Å². The van der Waals surface area contributed by atoms with E-state index in [2.05, 4.69) is 0 Å². The Morgan fingerprint density at radius 3 is 2.53 bits per heavy atom. The van der Waals surface area contributed by atoms with Crippen LogP contribution in [-0.2, 0) is 0 Å². The van der Waals surface area contributed by atoms with Crippen molar-refractivity contribution >= 4 is 21.9 Å². The molecule has 19 heavy (non-hydrogen) atoms. The Morgan fingerprint density at radius 2 is 1.74 bits per heavy atom. The summed E-state index contributed by atoms with van der Waals surface area (Å²) in [5, 5.41) is 21.5. The topological polar surface area (TPSA) is 79.6 Å². The molecule has 98 valence electrons. The fraction of sp³-hybridized carbons (Fsp3) is 0.200. The quantitative estimate of drug-likeness (QED) is 0.670. The lowest BCUT2D eigenvalue weighted by atomic mass is 10.0. The smallest absolute Gasteiger partial charge is 0.135 e. The first-order valence-corrected chi connectivity index (χ1v) is 6.18. The number of rotatable bonds is 3. The van der Waals surface area contributed by atoms with E-state index in [1.165, 1.54) is 0 Å². The third kappa shape index (κ3) is 2.00. The molecule has 0 fully saturated rings. The van der Waals surface area contributed by atoms with Crippen LogP contribution in [0.4, 0.5) is 0 Å². The minimum absolute atomic E-state index is 0.0192. The molecule has 3 aromatic rings. The van der Waals surface area contributed by atoms with Gasteiger partial charge in [-0.3, -0.25) is 0 Å². The van der Waals surface area contributed by atoms with Gasteiger partial charge in [0.1, 0.15) is 17.3 Å². The molecule has 1 aromatic heterocycles. The first kappa shape index (κ1) is 12.2. The molecule has 0 spiro atoms. The predicted octanol–water partition coefficient (Wildman–Crippen LogP) is 1.94. The second-order valence-electron chi connectivity index (χ2n) is 4.60. The molecule has 0 aliphatic heterocycles. The second-order valence-corrected chi connectivity index (χ2v) is 4.60. The zero-order valence-corrected chi connectivity index (χ0v) is 10.3. The van der Waals surface area contributed by atoms with Gasteiger partial charge in [0, 0.05) is 17.3 Å². The molecule has 2 unspecified atom stereocenters. The summed E-state index contributed by atoms with van der Waals surface area (Å²) in [7, 11) is 0. The fourth-order valence-electron chi connectivity index (χ4n) is 2.28. The van der Waals surface area contributed by atoms with Crippen molar-refractivity contribution in [2.75, 3.05) is 6.54 Å². The van der Waals surface area contributed by atoms with Crippen LogP contribution >= 0.6 is 0 Å². The van der Waals surface area contributed by atoms with Crippen molar-refractivity contribution in [1.82, 2.24) is 0 Å². The number of fused-ring (bicyclic) bond motifs is 3. The Hall–Kier alpha value is -1.88. The lowest BCUT2D eigenvalue weighted by Crippen LogP contribution is -2.27. The SMILES string of the molecule is NCC(O)C(O)c1ccc2oc3ccccc3c2c1. The first-order chi connectivity index (χ1) is 9.20. The number of hydrogen-bond donors (Lipinski definition) is 3. The van der Waals surface area contributed by atoms with Gasteiger partial charge in [0.15, 0.2) is 0 Å². The molecule has 2 aromatic carbocycles. The van der Waals surface area contributed by atoms with Crippen LogP contribution in [0, 0.1) is 0 Å². The normalized spacial score (nSPS) is 14.9. The van der Waals surface area contributed by atoms with Gasteiger partial charge in [0.05, 0.1) is 6.10 Å². The van der Waals surface area contributed by atoms with Crippen molar-refractivity contribution in [3.05, 3.63) is 48.0 Å². The van der Waals surface area contributed by atoms with E-state index in [9.17, 15) is 10.2 Å². The molecule has 4 nitrogen and oxygen atoms in total. The maximum Gasteiger partial charge on any atom is 0.135 e. The summed E-state index contributed by atoms with van der Waals surface area (Å²) < 4.78 is 5.71. The number of furan rings is 1. The van der Waals surface area contributed by atoms with Crippen LogP contribution in [0.2, 0.25) is 0 Å². The first-order valence-electron chi connectivity index (χ1n) is 6.18. The van der Waals surface area contributed by atoms with Crippen LogP contribution < -0.4 is 5.73 Å². The van der Waals surface area contributed by atoms with Crippen LogP contribution in [0.5, 0.6) is 0 Å². The summed E-state index contributed by atoms with van der Waals surface area (Å²) >= 11 is 0. The van der Waals surface area contributed by atoms with Gasteiger partial charge in [-0.25, -0.2) is 0 Å². The number of hydrogen-bond acceptors (Lipinski definition) is 4. The van der Waals surface area contributed by atoms with Gasteiger partial charge < -0.3 is 20.4 Å². The minimum atomic E-state index is -0.983. The van der Waals surface area contributed by atoms with Crippen LogP contribution in [0.1, 0.15) is 11.7 Å². The second kappa shape index (κ2) is 4.66. The van der Waals surface area contributed by atoms with E-state index in [0.29, 0.717) is 5.56 Å². The average Bonchev–Trinajstić information content (AvgIpc) is 2.83. The molecule has 1 heterocycles. The Balaban J connectivity index is 2.16. The van der Waals surface area contributed by atoms with Gasteiger partial charge >= 0.3 is 0 Å². The van der Waals surface area contributed by atoms with Crippen LogP contribution in [0.3, 0.4) is 0 Å². The fourth-order valence-corrected chi connectivity index (χ4v) is 2.28. The highest BCUT2D eigenvalue weighted by Gasteiger charge is 2.18. The average molecular weight is 257 g/mol.